The van der Waals surface area contributed by atoms with Gasteiger partial charge in [-0.1, -0.05) is 41.9 Å². The summed E-state index contributed by atoms with van der Waals surface area (Å²) in [6.45, 7) is 0. The van der Waals surface area contributed by atoms with Crippen LogP contribution in [0.1, 0.15) is 20.7 Å². The zero-order chi connectivity index (χ0) is 22.5. The number of rotatable bonds is 5. The molecule has 4 aromatic rings. The molecule has 4 rings (SSSR count). The third kappa shape index (κ3) is 4.87. The summed E-state index contributed by atoms with van der Waals surface area (Å²) >= 11 is 4.48. The quantitative estimate of drug-likeness (QED) is 0.329. The monoisotopic (exact) mass is 436 g/mol. The van der Waals surface area contributed by atoms with Crippen molar-refractivity contribution >= 4 is 49.3 Å². The van der Waals surface area contributed by atoms with E-state index >= 15 is 0 Å². The molecule has 0 atom stereocenters. The number of carbonyl (C=O) groups excluding carboxylic acids is 2. The lowest BCUT2D eigenvalue weighted by Gasteiger charge is -2.11. The molecule has 2 aromatic carbocycles. The number of amides is 2. The van der Waals surface area contributed by atoms with Gasteiger partial charge in [0.15, 0.2) is 0 Å². The van der Waals surface area contributed by atoms with Gasteiger partial charge in [0.2, 0.25) is 0 Å². The van der Waals surface area contributed by atoms with Crippen LogP contribution >= 0.6 is 12.6 Å². The molecule has 2 aromatic heterocycles. The van der Waals surface area contributed by atoms with Crippen molar-refractivity contribution < 1.29 is 9.59 Å². The van der Waals surface area contributed by atoms with E-state index in [9.17, 15) is 9.59 Å². The Labute approximate surface area is 192 Å². The summed E-state index contributed by atoms with van der Waals surface area (Å²) in [5, 5.41) is 5.43. The fourth-order valence-electron chi connectivity index (χ4n) is 3.07. The molecule has 0 aliphatic heterocycles. The Balaban J connectivity index is 1.51. The van der Waals surface area contributed by atoms with Crippen LogP contribution in [-0.2, 0) is 0 Å². The highest BCUT2D eigenvalue weighted by molar-refractivity contribution is 7.80. The number of hydrogen-bond acceptors (Lipinski definition) is 5. The Morgan fingerprint density at radius 3 is 2.34 bits per heavy atom. The van der Waals surface area contributed by atoms with Crippen molar-refractivity contribution in [3.05, 3.63) is 96.4 Å². The summed E-state index contributed by atoms with van der Waals surface area (Å²) in [7, 11) is 5.62. The molecule has 2 radical (unpaired) electrons. The predicted molar refractivity (Wildman–Crippen MR) is 129 cm³/mol. The second kappa shape index (κ2) is 9.49. The molecule has 0 aliphatic carbocycles. The molecular formula is C24H17BN4O2S. The van der Waals surface area contributed by atoms with Crippen LogP contribution in [0.3, 0.4) is 0 Å². The van der Waals surface area contributed by atoms with Crippen molar-refractivity contribution in [2.75, 3.05) is 10.6 Å². The number of aromatic nitrogens is 2. The van der Waals surface area contributed by atoms with Crippen molar-refractivity contribution in [1.82, 2.24) is 9.97 Å². The summed E-state index contributed by atoms with van der Waals surface area (Å²) in [4.78, 5) is 34.4. The van der Waals surface area contributed by atoms with Gasteiger partial charge in [-0.25, -0.2) is 4.98 Å². The maximum Gasteiger partial charge on any atom is 0.259 e. The van der Waals surface area contributed by atoms with E-state index in [2.05, 4.69) is 33.2 Å². The van der Waals surface area contributed by atoms with E-state index in [1.165, 1.54) is 24.7 Å². The number of thiol groups is 1. The van der Waals surface area contributed by atoms with Gasteiger partial charge < -0.3 is 10.6 Å². The average Bonchev–Trinajstić information content (AvgIpc) is 2.81. The van der Waals surface area contributed by atoms with E-state index in [1.54, 1.807) is 24.3 Å². The highest BCUT2D eigenvalue weighted by atomic mass is 32.1. The second-order valence-corrected chi connectivity index (χ2v) is 7.38. The van der Waals surface area contributed by atoms with Crippen LogP contribution in [0.4, 0.5) is 11.5 Å². The molecule has 0 saturated heterocycles. The third-order valence-corrected chi connectivity index (χ3v) is 5.09. The van der Waals surface area contributed by atoms with Crippen molar-refractivity contribution in [3.63, 3.8) is 0 Å². The average molecular weight is 436 g/mol. The molecule has 0 aliphatic rings. The Morgan fingerprint density at radius 1 is 0.844 bits per heavy atom. The fourth-order valence-corrected chi connectivity index (χ4v) is 3.36. The normalized spacial score (nSPS) is 10.4. The second-order valence-electron chi connectivity index (χ2n) is 6.90. The SMILES string of the molecule is [B]c1ccc(NC(=O)c2ccncc2NC(=O)c2ccc(-c3ccccc3S)cc2)nc1. The molecule has 0 saturated carbocycles. The zero-order valence-electron chi connectivity index (χ0n) is 16.8. The lowest BCUT2D eigenvalue weighted by molar-refractivity contribution is 0.102. The first-order valence-corrected chi connectivity index (χ1v) is 10.1. The standard InChI is InChI=1S/C24H17BN4O2S/c25-17-9-10-22(27-13-17)29-24(31)19-11-12-26-14-20(19)28-23(30)16-7-5-15(6-8-16)18-3-1-2-4-21(18)32/h1-14,32H,(H,28,30)(H,27,29,31). The first-order chi connectivity index (χ1) is 15.5. The fraction of sp³-hybridized carbons (Fsp3) is 0. The number of pyridine rings is 2. The number of anilines is 2. The Hall–Kier alpha value is -3.91. The summed E-state index contributed by atoms with van der Waals surface area (Å²) in [6, 6.07) is 19.6. The van der Waals surface area contributed by atoms with Gasteiger partial charge in [0.05, 0.1) is 17.4 Å². The number of nitrogens with zero attached hydrogens (tertiary/aromatic N) is 2. The molecular weight excluding hydrogens is 419 g/mol. The van der Waals surface area contributed by atoms with Gasteiger partial charge in [0, 0.05) is 22.9 Å². The Kier molecular flexibility index (Phi) is 6.33. The van der Waals surface area contributed by atoms with Gasteiger partial charge in [0.1, 0.15) is 13.7 Å². The van der Waals surface area contributed by atoms with Crippen LogP contribution in [-0.4, -0.2) is 29.6 Å². The maximum absolute atomic E-state index is 12.8. The molecule has 32 heavy (non-hydrogen) atoms. The summed E-state index contributed by atoms with van der Waals surface area (Å²) in [6.07, 6.45) is 4.35. The van der Waals surface area contributed by atoms with Gasteiger partial charge in [-0.2, -0.15) is 0 Å². The van der Waals surface area contributed by atoms with Crippen LogP contribution in [0.25, 0.3) is 11.1 Å². The van der Waals surface area contributed by atoms with E-state index in [0.717, 1.165) is 16.0 Å². The summed E-state index contributed by atoms with van der Waals surface area (Å²) < 4.78 is 0. The maximum atomic E-state index is 12.8. The van der Waals surface area contributed by atoms with Gasteiger partial charge in [-0.15, -0.1) is 12.6 Å². The lowest BCUT2D eigenvalue weighted by Crippen LogP contribution is -2.19. The molecule has 2 heterocycles. The first-order valence-electron chi connectivity index (χ1n) is 9.68. The minimum atomic E-state index is -0.430. The van der Waals surface area contributed by atoms with Gasteiger partial charge in [-0.3, -0.25) is 14.6 Å². The van der Waals surface area contributed by atoms with Gasteiger partial charge in [-0.05, 0) is 41.5 Å². The highest BCUT2D eigenvalue weighted by Crippen LogP contribution is 2.26. The van der Waals surface area contributed by atoms with E-state index < -0.39 is 5.91 Å². The van der Waals surface area contributed by atoms with E-state index in [4.69, 9.17) is 7.85 Å². The van der Waals surface area contributed by atoms with E-state index in [0.29, 0.717) is 16.8 Å². The largest absolute Gasteiger partial charge is 0.320 e. The number of carbonyl (C=O) groups is 2. The Morgan fingerprint density at radius 2 is 1.62 bits per heavy atom. The predicted octanol–water partition coefficient (Wildman–Crippen LogP) is 3.73. The van der Waals surface area contributed by atoms with Crippen LogP contribution in [0.2, 0.25) is 0 Å². The van der Waals surface area contributed by atoms with E-state index in [-0.39, 0.29) is 17.2 Å². The minimum Gasteiger partial charge on any atom is -0.320 e. The number of benzene rings is 2. The summed E-state index contributed by atoms with van der Waals surface area (Å²) in [5.74, 6) is -0.442. The first kappa shape index (κ1) is 21.3. The molecule has 0 fully saturated rings. The third-order valence-electron chi connectivity index (χ3n) is 4.70. The number of nitrogens with one attached hydrogen (secondary N) is 2. The van der Waals surface area contributed by atoms with Crippen LogP contribution < -0.4 is 16.1 Å². The van der Waals surface area contributed by atoms with Crippen molar-refractivity contribution in [1.29, 1.82) is 0 Å². The molecule has 0 spiro atoms. The number of hydrogen-bond donors (Lipinski definition) is 3. The minimum absolute atomic E-state index is 0.257. The van der Waals surface area contributed by atoms with Gasteiger partial charge in [0.25, 0.3) is 11.8 Å². The molecule has 8 heteroatoms. The van der Waals surface area contributed by atoms with Crippen molar-refractivity contribution in [3.8, 4) is 11.1 Å². The zero-order valence-corrected chi connectivity index (χ0v) is 17.7. The topological polar surface area (TPSA) is 84.0 Å². The van der Waals surface area contributed by atoms with Crippen LogP contribution in [0.5, 0.6) is 0 Å². The lowest BCUT2D eigenvalue weighted by atomic mass is 9.99. The summed E-state index contributed by atoms with van der Waals surface area (Å²) in [5.41, 5.74) is 3.40. The molecule has 154 valence electrons. The molecule has 0 bridgehead atoms. The molecule has 6 nitrogen and oxygen atoms in total. The van der Waals surface area contributed by atoms with Crippen molar-refractivity contribution in [2.24, 2.45) is 0 Å². The molecule has 0 unspecified atom stereocenters. The smallest absolute Gasteiger partial charge is 0.259 e. The van der Waals surface area contributed by atoms with Crippen LogP contribution in [0.15, 0.2) is 90.2 Å². The molecule has 2 N–H and O–H groups in total. The van der Waals surface area contributed by atoms with Crippen molar-refractivity contribution in [2.45, 2.75) is 4.90 Å². The highest BCUT2D eigenvalue weighted by Gasteiger charge is 2.15. The van der Waals surface area contributed by atoms with Gasteiger partial charge >= 0.3 is 0 Å². The van der Waals surface area contributed by atoms with E-state index in [1.807, 2.05) is 36.4 Å². The van der Waals surface area contributed by atoms with Crippen LogP contribution in [0, 0.1) is 0 Å². The Bertz CT molecular complexity index is 1280. The molecule has 2 amide bonds.